The Kier molecular flexibility index (Phi) is 4.94. The Hall–Kier alpha value is -1.64. The summed E-state index contributed by atoms with van der Waals surface area (Å²) in [5.74, 6) is -0.129. The van der Waals surface area contributed by atoms with Gasteiger partial charge in [-0.05, 0) is 50.7 Å². The molecule has 0 saturated carbocycles. The molecule has 0 N–H and O–H groups in total. The van der Waals surface area contributed by atoms with E-state index in [2.05, 4.69) is 4.98 Å². The molecule has 96 valence electrons. The minimum absolute atomic E-state index is 0.129. The number of carbonyl (C=O) groups excluding carboxylic acids is 1. The van der Waals surface area contributed by atoms with Crippen LogP contribution in [-0.4, -0.2) is 17.6 Å². The van der Waals surface area contributed by atoms with Crippen LogP contribution in [0.25, 0.3) is 0 Å². The fraction of sp³-hybridized carbons (Fsp3) is 0.467. The van der Waals surface area contributed by atoms with Crippen molar-refractivity contribution in [2.75, 3.05) is 6.61 Å². The van der Waals surface area contributed by atoms with Crippen molar-refractivity contribution in [2.45, 2.75) is 38.5 Å². The van der Waals surface area contributed by atoms with Crippen molar-refractivity contribution < 1.29 is 9.53 Å². The first-order valence-electron chi connectivity index (χ1n) is 6.62. The number of carbonyl (C=O) groups is 1. The van der Waals surface area contributed by atoms with E-state index in [1.807, 2.05) is 24.3 Å². The van der Waals surface area contributed by atoms with Gasteiger partial charge in [-0.3, -0.25) is 4.98 Å². The maximum absolute atomic E-state index is 11.7. The normalized spacial score (nSPS) is 15.0. The van der Waals surface area contributed by atoms with Gasteiger partial charge in [-0.2, -0.15) is 0 Å². The second-order valence-electron chi connectivity index (χ2n) is 4.54. The first-order chi connectivity index (χ1) is 8.86. The second-order valence-corrected chi connectivity index (χ2v) is 4.54. The van der Waals surface area contributed by atoms with Crippen molar-refractivity contribution in [3.63, 3.8) is 0 Å². The van der Waals surface area contributed by atoms with Crippen LogP contribution in [0.15, 0.2) is 36.0 Å². The third-order valence-electron chi connectivity index (χ3n) is 3.09. The molecule has 0 spiro atoms. The van der Waals surface area contributed by atoms with Gasteiger partial charge in [-0.15, -0.1) is 0 Å². The number of pyridine rings is 1. The molecule has 0 radical (unpaired) electrons. The molecule has 3 heteroatoms. The van der Waals surface area contributed by atoms with Gasteiger partial charge in [0.1, 0.15) is 0 Å². The van der Waals surface area contributed by atoms with Gasteiger partial charge in [0.15, 0.2) is 0 Å². The largest absolute Gasteiger partial charge is 0.462 e. The lowest BCUT2D eigenvalue weighted by Crippen LogP contribution is -2.11. The molecule has 0 aromatic carbocycles. The molecule has 2 rings (SSSR count). The van der Waals surface area contributed by atoms with Crippen molar-refractivity contribution in [3.8, 4) is 0 Å². The van der Waals surface area contributed by atoms with Gasteiger partial charge in [0.05, 0.1) is 6.61 Å². The lowest BCUT2D eigenvalue weighted by atomic mass is 10.00. The second kappa shape index (κ2) is 6.94. The summed E-state index contributed by atoms with van der Waals surface area (Å²) in [7, 11) is 0. The van der Waals surface area contributed by atoms with E-state index in [9.17, 15) is 4.79 Å². The van der Waals surface area contributed by atoms with Crippen LogP contribution in [0.5, 0.6) is 0 Å². The van der Waals surface area contributed by atoms with Gasteiger partial charge in [-0.25, -0.2) is 4.79 Å². The van der Waals surface area contributed by atoms with Crippen LogP contribution in [0.3, 0.4) is 0 Å². The van der Waals surface area contributed by atoms with Crippen LogP contribution >= 0.6 is 0 Å². The first kappa shape index (κ1) is 12.8. The lowest BCUT2D eigenvalue weighted by molar-refractivity contribution is -0.139. The van der Waals surface area contributed by atoms with Crippen molar-refractivity contribution in [3.05, 3.63) is 41.7 Å². The van der Waals surface area contributed by atoms with Crippen LogP contribution in [-0.2, 0) is 16.0 Å². The van der Waals surface area contributed by atoms with E-state index in [1.54, 1.807) is 6.20 Å². The molecule has 0 saturated heterocycles. The van der Waals surface area contributed by atoms with Gasteiger partial charge in [0.2, 0.25) is 0 Å². The van der Waals surface area contributed by atoms with Crippen LogP contribution in [0.2, 0.25) is 0 Å². The van der Waals surface area contributed by atoms with E-state index in [4.69, 9.17) is 4.74 Å². The summed E-state index contributed by atoms with van der Waals surface area (Å²) in [6.07, 6.45) is 9.67. The summed E-state index contributed by atoms with van der Waals surface area (Å²) in [4.78, 5) is 15.9. The number of allylic oxidation sites excluding steroid dienone is 1. The van der Waals surface area contributed by atoms with E-state index in [1.165, 1.54) is 6.42 Å². The first-order valence-corrected chi connectivity index (χ1v) is 6.62. The zero-order chi connectivity index (χ0) is 12.6. The zero-order valence-corrected chi connectivity index (χ0v) is 10.6. The number of hydrogen-bond acceptors (Lipinski definition) is 3. The molecule has 0 atom stereocenters. The molecule has 0 aliphatic heterocycles. The van der Waals surface area contributed by atoms with Gasteiger partial charge in [0.25, 0.3) is 0 Å². The smallest absolute Gasteiger partial charge is 0.333 e. The number of nitrogens with zero attached hydrogens (tertiary/aromatic N) is 1. The molecular formula is C15H19NO2. The number of hydrogen-bond donors (Lipinski definition) is 0. The Labute approximate surface area is 108 Å². The van der Waals surface area contributed by atoms with Crippen LogP contribution in [0.1, 0.15) is 37.8 Å². The predicted octanol–water partition coefficient (Wildman–Crippen LogP) is 3.06. The molecule has 18 heavy (non-hydrogen) atoms. The third-order valence-corrected chi connectivity index (χ3v) is 3.09. The fourth-order valence-electron chi connectivity index (χ4n) is 2.08. The molecule has 0 fully saturated rings. The Bertz CT molecular complexity index is 412. The average Bonchev–Trinajstić information content (AvgIpc) is 2.45. The van der Waals surface area contributed by atoms with E-state index in [0.29, 0.717) is 6.61 Å². The monoisotopic (exact) mass is 245 g/mol. The van der Waals surface area contributed by atoms with Crippen LogP contribution in [0, 0.1) is 0 Å². The highest BCUT2D eigenvalue weighted by atomic mass is 16.5. The molecule has 0 bridgehead atoms. The molecular weight excluding hydrogens is 226 g/mol. The van der Waals surface area contributed by atoms with E-state index in [-0.39, 0.29) is 5.97 Å². The Morgan fingerprint density at radius 2 is 2.28 bits per heavy atom. The molecule has 1 aromatic rings. The molecule has 3 nitrogen and oxygen atoms in total. The van der Waals surface area contributed by atoms with Crippen LogP contribution in [0.4, 0.5) is 0 Å². The fourth-order valence-corrected chi connectivity index (χ4v) is 2.08. The third kappa shape index (κ3) is 3.99. The van der Waals surface area contributed by atoms with E-state index < -0.39 is 0 Å². The zero-order valence-electron chi connectivity index (χ0n) is 10.6. The Morgan fingerprint density at radius 1 is 1.33 bits per heavy atom. The minimum atomic E-state index is -0.129. The van der Waals surface area contributed by atoms with Crippen molar-refractivity contribution >= 4 is 5.97 Å². The number of aryl methyl sites for hydroxylation is 1. The topological polar surface area (TPSA) is 39.2 Å². The van der Waals surface area contributed by atoms with Gasteiger partial charge in [0, 0.05) is 17.5 Å². The minimum Gasteiger partial charge on any atom is -0.462 e. The SMILES string of the molecule is O=C(OCCCc1ccccn1)C1=CCCCC1. The molecule has 1 aromatic heterocycles. The summed E-state index contributed by atoms with van der Waals surface area (Å²) in [6, 6.07) is 5.87. The summed E-state index contributed by atoms with van der Waals surface area (Å²) >= 11 is 0. The molecule has 0 unspecified atom stereocenters. The van der Waals surface area contributed by atoms with Crippen molar-refractivity contribution in [2.24, 2.45) is 0 Å². The summed E-state index contributed by atoms with van der Waals surface area (Å²) in [5, 5.41) is 0. The highest BCUT2D eigenvalue weighted by Crippen LogP contribution is 2.18. The van der Waals surface area contributed by atoms with Crippen molar-refractivity contribution in [1.82, 2.24) is 4.98 Å². The summed E-state index contributed by atoms with van der Waals surface area (Å²) < 4.78 is 5.27. The molecule has 1 aliphatic carbocycles. The molecule has 0 amide bonds. The predicted molar refractivity (Wildman–Crippen MR) is 70.1 cm³/mol. The summed E-state index contributed by atoms with van der Waals surface area (Å²) in [6.45, 7) is 0.479. The Balaban J connectivity index is 1.66. The van der Waals surface area contributed by atoms with Gasteiger partial charge >= 0.3 is 5.97 Å². The van der Waals surface area contributed by atoms with Crippen LogP contribution < -0.4 is 0 Å². The van der Waals surface area contributed by atoms with E-state index >= 15 is 0 Å². The Morgan fingerprint density at radius 3 is 3.00 bits per heavy atom. The van der Waals surface area contributed by atoms with Crippen molar-refractivity contribution in [1.29, 1.82) is 0 Å². The molecule has 1 heterocycles. The highest BCUT2D eigenvalue weighted by molar-refractivity contribution is 5.88. The number of aromatic nitrogens is 1. The highest BCUT2D eigenvalue weighted by Gasteiger charge is 2.13. The maximum atomic E-state index is 11.7. The quantitative estimate of drug-likeness (QED) is 0.591. The maximum Gasteiger partial charge on any atom is 0.333 e. The van der Waals surface area contributed by atoms with Gasteiger partial charge < -0.3 is 4.74 Å². The van der Waals surface area contributed by atoms with E-state index in [0.717, 1.165) is 43.4 Å². The number of ether oxygens (including phenoxy) is 1. The van der Waals surface area contributed by atoms with Gasteiger partial charge in [-0.1, -0.05) is 12.1 Å². The number of rotatable bonds is 5. The molecule has 1 aliphatic rings. The summed E-state index contributed by atoms with van der Waals surface area (Å²) in [5.41, 5.74) is 1.91. The number of esters is 1. The lowest BCUT2D eigenvalue weighted by Gasteiger charge is -2.11. The average molecular weight is 245 g/mol. The standard InChI is InChI=1S/C15H19NO2/c17-15(13-7-2-1-3-8-13)18-12-6-10-14-9-4-5-11-16-14/h4-5,7,9,11H,1-3,6,8,10,12H2.